The number of nitrogens with one attached hydrogen (secondary N) is 2. The van der Waals surface area contributed by atoms with Crippen LogP contribution in [0.2, 0.25) is 0 Å². The molecule has 0 aliphatic rings. The second-order valence-electron chi connectivity index (χ2n) is 8.90. The third kappa shape index (κ3) is 5.00. The zero-order valence-corrected chi connectivity index (χ0v) is 19.0. The number of imidazole rings is 1. The Morgan fingerprint density at radius 3 is 2.50 bits per heavy atom. The maximum atomic E-state index is 13.4. The van der Waals surface area contributed by atoms with Crippen molar-refractivity contribution < 1.29 is 18.0 Å². The van der Waals surface area contributed by atoms with Crippen LogP contribution >= 0.6 is 0 Å². The summed E-state index contributed by atoms with van der Waals surface area (Å²) in [6, 6.07) is 11.0. The number of aryl methyl sites for hydroxylation is 1. The number of carbonyl (C=O) groups excluding carboxylic acids is 1. The van der Waals surface area contributed by atoms with Crippen molar-refractivity contribution in [2.75, 3.05) is 5.32 Å². The second kappa shape index (κ2) is 8.44. The molecule has 3 aromatic heterocycles. The van der Waals surface area contributed by atoms with Crippen LogP contribution in [0.3, 0.4) is 0 Å². The van der Waals surface area contributed by atoms with E-state index in [4.69, 9.17) is 0 Å². The smallest absolute Gasteiger partial charge is 0.333 e. The lowest BCUT2D eigenvalue weighted by Crippen LogP contribution is -2.43. The molecule has 34 heavy (non-hydrogen) atoms. The Labute approximate surface area is 194 Å². The SMILES string of the molecule is Cc1ccc(-c2cn3nc(-c4cccnc4C(F)(F)F)ccc3n2)cc1NC(=O)NC(C)(C)C. The average molecular weight is 468 g/mol. The summed E-state index contributed by atoms with van der Waals surface area (Å²) in [7, 11) is 0. The molecule has 0 fully saturated rings. The molecular formula is C24H23F3N6O. The topological polar surface area (TPSA) is 84.2 Å². The molecule has 0 saturated heterocycles. The Balaban J connectivity index is 1.68. The van der Waals surface area contributed by atoms with E-state index >= 15 is 0 Å². The molecule has 0 unspecified atom stereocenters. The Kier molecular flexibility index (Phi) is 5.76. The van der Waals surface area contributed by atoms with Crippen LogP contribution in [0, 0.1) is 6.92 Å². The van der Waals surface area contributed by atoms with Crippen molar-refractivity contribution in [1.29, 1.82) is 0 Å². The van der Waals surface area contributed by atoms with Gasteiger partial charge >= 0.3 is 12.2 Å². The molecule has 0 aliphatic heterocycles. The van der Waals surface area contributed by atoms with Gasteiger partial charge in [-0.3, -0.25) is 4.98 Å². The number of aromatic nitrogens is 4. The Hall–Kier alpha value is -3.95. The van der Waals surface area contributed by atoms with E-state index in [1.165, 1.54) is 22.7 Å². The normalized spacial score (nSPS) is 12.1. The molecule has 10 heteroatoms. The van der Waals surface area contributed by atoms with E-state index in [-0.39, 0.29) is 22.8 Å². The third-order valence-electron chi connectivity index (χ3n) is 4.94. The summed E-state index contributed by atoms with van der Waals surface area (Å²) in [5, 5.41) is 10.0. The van der Waals surface area contributed by atoms with E-state index in [1.807, 2.05) is 39.8 Å². The molecule has 1 aromatic carbocycles. The number of hydrogen-bond donors (Lipinski definition) is 2. The van der Waals surface area contributed by atoms with Crippen LogP contribution in [-0.4, -0.2) is 31.2 Å². The van der Waals surface area contributed by atoms with Crippen molar-refractivity contribution in [3.63, 3.8) is 0 Å². The highest BCUT2D eigenvalue weighted by molar-refractivity contribution is 5.91. The molecule has 176 valence electrons. The molecule has 7 nitrogen and oxygen atoms in total. The first kappa shape index (κ1) is 23.2. The number of hydrogen-bond acceptors (Lipinski definition) is 4. The molecule has 0 spiro atoms. The van der Waals surface area contributed by atoms with Crippen LogP contribution in [0.1, 0.15) is 32.0 Å². The lowest BCUT2D eigenvalue weighted by atomic mass is 10.1. The maximum Gasteiger partial charge on any atom is 0.434 e. The summed E-state index contributed by atoms with van der Waals surface area (Å²) in [4.78, 5) is 20.3. The summed E-state index contributed by atoms with van der Waals surface area (Å²) in [5.74, 6) is 0. The molecule has 0 atom stereocenters. The predicted octanol–water partition coefficient (Wildman–Crippen LogP) is 5.71. The van der Waals surface area contributed by atoms with E-state index in [9.17, 15) is 18.0 Å². The largest absolute Gasteiger partial charge is 0.434 e. The Morgan fingerprint density at radius 1 is 1.03 bits per heavy atom. The fraction of sp³-hybridized carbons (Fsp3) is 0.250. The number of nitrogens with zero attached hydrogens (tertiary/aromatic N) is 4. The summed E-state index contributed by atoms with van der Waals surface area (Å²) >= 11 is 0. The van der Waals surface area contributed by atoms with Crippen LogP contribution in [0.5, 0.6) is 0 Å². The number of anilines is 1. The number of pyridine rings is 1. The van der Waals surface area contributed by atoms with Gasteiger partial charge in [0.1, 0.15) is 0 Å². The van der Waals surface area contributed by atoms with E-state index in [2.05, 4.69) is 25.7 Å². The van der Waals surface area contributed by atoms with Crippen molar-refractivity contribution in [3.8, 4) is 22.5 Å². The van der Waals surface area contributed by atoms with Gasteiger partial charge in [0.2, 0.25) is 0 Å². The molecule has 0 saturated carbocycles. The molecular weight excluding hydrogens is 445 g/mol. The fourth-order valence-electron chi connectivity index (χ4n) is 3.41. The van der Waals surface area contributed by atoms with Gasteiger partial charge in [-0.25, -0.2) is 14.3 Å². The van der Waals surface area contributed by atoms with Gasteiger partial charge in [-0.05, 0) is 63.6 Å². The molecule has 4 aromatic rings. The van der Waals surface area contributed by atoms with Crippen LogP contribution in [0.25, 0.3) is 28.2 Å². The number of rotatable bonds is 3. The predicted molar refractivity (Wildman–Crippen MR) is 123 cm³/mol. The molecule has 2 N–H and O–H groups in total. The van der Waals surface area contributed by atoms with Crippen molar-refractivity contribution >= 4 is 17.4 Å². The van der Waals surface area contributed by atoms with Crippen molar-refractivity contribution in [3.05, 3.63) is 66.1 Å². The van der Waals surface area contributed by atoms with Gasteiger partial charge < -0.3 is 10.6 Å². The Bertz CT molecular complexity index is 1370. The van der Waals surface area contributed by atoms with Crippen LogP contribution in [0.4, 0.5) is 23.7 Å². The zero-order valence-electron chi connectivity index (χ0n) is 19.0. The average Bonchev–Trinajstić information content (AvgIpc) is 3.16. The minimum absolute atomic E-state index is 0.112. The molecule has 0 bridgehead atoms. The summed E-state index contributed by atoms with van der Waals surface area (Å²) < 4.78 is 41.6. The summed E-state index contributed by atoms with van der Waals surface area (Å²) in [6.07, 6.45) is -1.87. The van der Waals surface area contributed by atoms with E-state index in [0.29, 0.717) is 17.0 Å². The standard InChI is InChI=1S/C24H23F3N6O/c1-14-7-8-15(12-18(14)30-22(34)31-23(2,3)4)19-13-33-20(29-19)10-9-17(32-33)16-6-5-11-28-21(16)24(25,26)27/h5-13H,1-4H3,(H2,30,31,34). The number of halogens is 3. The Morgan fingerprint density at radius 2 is 1.79 bits per heavy atom. The van der Waals surface area contributed by atoms with Gasteiger partial charge in [-0.1, -0.05) is 12.1 Å². The number of urea groups is 1. The molecule has 3 heterocycles. The summed E-state index contributed by atoms with van der Waals surface area (Å²) in [5.41, 5.74) is 1.87. The van der Waals surface area contributed by atoms with E-state index in [0.717, 1.165) is 17.3 Å². The first-order valence-corrected chi connectivity index (χ1v) is 10.5. The number of alkyl halides is 3. The lowest BCUT2D eigenvalue weighted by Gasteiger charge is -2.21. The molecule has 2 amide bonds. The highest BCUT2D eigenvalue weighted by Gasteiger charge is 2.35. The zero-order chi connectivity index (χ0) is 24.7. The van der Waals surface area contributed by atoms with Gasteiger partial charge in [0.05, 0.1) is 17.6 Å². The summed E-state index contributed by atoms with van der Waals surface area (Å²) in [6.45, 7) is 7.53. The van der Waals surface area contributed by atoms with Gasteiger partial charge in [-0.2, -0.15) is 18.3 Å². The fourth-order valence-corrected chi connectivity index (χ4v) is 3.41. The third-order valence-corrected chi connectivity index (χ3v) is 4.94. The minimum atomic E-state index is -4.60. The minimum Gasteiger partial charge on any atom is -0.333 e. The van der Waals surface area contributed by atoms with Crippen LogP contribution in [0.15, 0.2) is 54.9 Å². The number of carbonyl (C=O) groups is 1. The number of amides is 2. The quantitative estimate of drug-likeness (QED) is 0.404. The van der Waals surface area contributed by atoms with Crippen molar-refractivity contribution in [1.82, 2.24) is 24.9 Å². The lowest BCUT2D eigenvalue weighted by molar-refractivity contribution is -0.140. The maximum absolute atomic E-state index is 13.4. The monoisotopic (exact) mass is 468 g/mol. The molecule has 0 radical (unpaired) electrons. The molecule has 0 aliphatic carbocycles. The van der Waals surface area contributed by atoms with Crippen LogP contribution in [-0.2, 0) is 6.18 Å². The first-order valence-electron chi connectivity index (χ1n) is 10.5. The van der Waals surface area contributed by atoms with Gasteiger partial charge in [0.15, 0.2) is 11.3 Å². The molecule has 4 rings (SSSR count). The second-order valence-corrected chi connectivity index (χ2v) is 8.90. The number of benzene rings is 1. The van der Waals surface area contributed by atoms with Gasteiger partial charge in [0.25, 0.3) is 0 Å². The van der Waals surface area contributed by atoms with Gasteiger partial charge in [-0.15, -0.1) is 0 Å². The van der Waals surface area contributed by atoms with E-state index in [1.54, 1.807) is 18.3 Å². The number of fused-ring (bicyclic) bond motifs is 1. The van der Waals surface area contributed by atoms with Crippen LogP contribution < -0.4 is 10.6 Å². The first-order chi connectivity index (χ1) is 15.9. The van der Waals surface area contributed by atoms with Crippen molar-refractivity contribution in [2.45, 2.75) is 39.4 Å². The van der Waals surface area contributed by atoms with Crippen molar-refractivity contribution in [2.24, 2.45) is 0 Å². The van der Waals surface area contributed by atoms with Gasteiger partial charge in [0, 0.05) is 28.6 Å². The highest BCUT2D eigenvalue weighted by atomic mass is 19.4. The highest BCUT2D eigenvalue weighted by Crippen LogP contribution is 2.34. The van der Waals surface area contributed by atoms with E-state index < -0.39 is 11.9 Å².